The Bertz CT molecular complexity index is 1040. The molecule has 39 heavy (non-hydrogen) atoms. The summed E-state index contributed by atoms with van der Waals surface area (Å²) in [6.07, 6.45) is 5.63. The number of hydrogen-bond acceptors (Lipinski definition) is 6. The van der Waals surface area contributed by atoms with Crippen LogP contribution in [0.5, 0.6) is 0 Å². The molecule has 1 aliphatic heterocycles. The highest BCUT2D eigenvalue weighted by Crippen LogP contribution is 2.38. The molecule has 8 heteroatoms. The van der Waals surface area contributed by atoms with E-state index in [0.29, 0.717) is 19.4 Å². The lowest BCUT2D eigenvalue weighted by Crippen LogP contribution is -2.37. The van der Waals surface area contributed by atoms with Crippen molar-refractivity contribution in [2.24, 2.45) is 0 Å². The van der Waals surface area contributed by atoms with Gasteiger partial charge in [0.2, 0.25) is 5.91 Å². The Hall–Kier alpha value is -3.04. The number of carboxylic acids is 1. The lowest BCUT2D eigenvalue weighted by Gasteiger charge is -2.37. The highest BCUT2D eigenvalue weighted by atomic mass is 16.7. The molecule has 1 aliphatic rings. The van der Waals surface area contributed by atoms with Crippen molar-refractivity contribution in [2.75, 3.05) is 20.1 Å². The number of aliphatic carboxylic acids is 1. The van der Waals surface area contributed by atoms with Crippen LogP contribution in [-0.2, 0) is 32.2 Å². The lowest BCUT2D eigenvalue weighted by atomic mass is 9.99. The Labute approximate surface area is 231 Å². The van der Waals surface area contributed by atoms with Crippen molar-refractivity contribution >= 4 is 11.9 Å². The summed E-state index contributed by atoms with van der Waals surface area (Å²) in [6, 6.07) is 15.8. The van der Waals surface area contributed by atoms with E-state index < -0.39 is 12.3 Å². The van der Waals surface area contributed by atoms with Crippen molar-refractivity contribution in [3.05, 3.63) is 83.4 Å². The van der Waals surface area contributed by atoms with Crippen LogP contribution in [0.1, 0.15) is 79.6 Å². The molecule has 0 spiro atoms. The largest absolute Gasteiger partial charge is 0.481 e. The van der Waals surface area contributed by atoms with Gasteiger partial charge in [0.15, 0.2) is 6.29 Å². The zero-order valence-corrected chi connectivity index (χ0v) is 22.9. The monoisotopic (exact) mass is 538 g/mol. The zero-order chi connectivity index (χ0) is 28.0. The number of aliphatic hydroxyl groups excluding tert-OH is 1. The van der Waals surface area contributed by atoms with Gasteiger partial charge in [-0.05, 0) is 36.6 Å². The average Bonchev–Trinajstić information content (AvgIpc) is 2.94. The van der Waals surface area contributed by atoms with Gasteiger partial charge in [0, 0.05) is 44.5 Å². The van der Waals surface area contributed by atoms with Crippen molar-refractivity contribution in [1.29, 1.82) is 0 Å². The lowest BCUT2D eigenvalue weighted by molar-refractivity contribution is -0.252. The van der Waals surface area contributed by atoms with E-state index in [9.17, 15) is 14.7 Å². The van der Waals surface area contributed by atoms with E-state index in [2.05, 4.69) is 16.8 Å². The van der Waals surface area contributed by atoms with Crippen LogP contribution in [0.15, 0.2) is 61.2 Å². The summed E-state index contributed by atoms with van der Waals surface area (Å²) < 4.78 is 12.8. The number of carbonyl (C=O) groups excluding carboxylic acids is 1. The van der Waals surface area contributed by atoms with Gasteiger partial charge in [-0.25, -0.2) is 0 Å². The van der Waals surface area contributed by atoms with Gasteiger partial charge in [-0.2, -0.15) is 0 Å². The minimum absolute atomic E-state index is 0.00203. The summed E-state index contributed by atoms with van der Waals surface area (Å²) in [4.78, 5) is 24.9. The minimum Gasteiger partial charge on any atom is -0.481 e. The second-order valence-corrected chi connectivity index (χ2v) is 10.2. The van der Waals surface area contributed by atoms with Gasteiger partial charge in [0.05, 0.1) is 18.8 Å². The minimum atomic E-state index is -0.773. The third-order valence-electron chi connectivity index (χ3n) is 6.86. The predicted octanol–water partition coefficient (Wildman–Crippen LogP) is 4.88. The zero-order valence-electron chi connectivity index (χ0n) is 22.9. The molecule has 3 atom stereocenters. The molecule has 3 rings (SSSR count). The van der Waals surface area contributed by atoms with Crippen molar-refractivity contribution in [3.63, 3.8) is 0 Å². The fraction of sp³-hybridized carbons (Fsp3) is 0.484. The normalized spacial score (nSPS) is 19.1. The number of rotatable bonds is 16. The smallest absolute Gasteiger partial charge is 0.303 e. The highest BCUT2D eigenvalue weighted by Gasteiger charge is 2.32. The van der Waals surface area contributed by atoms with Crippen molar-refractivity contribution < 1.29 is 29.3 Å². The maximum atomic E-state index is 12.2. The van der Waals surface area contributed by atoms with Crippen molar-refractivity contribution in [1.82, 2.24) is 10.2 Å². The van der Waals surface area contributed by atoms with Crippen molar-refractivity contribution in [2.45, 2.75) is 76.6 Å². The molecule has 3 N–H and O–H groups in total. The van der Waals surface area contributed by atoms with Crippen LogP contribution in [0, 0.1) is 0 Å². The molecule has 0 saturated carbocycles. The first-order valence-corrected chi connectivity index (χ1v) is 13.7. The third-order valence-corrected chi connectivity index (χ3v) is 6.86. The van der Waals surface area contributed by atoms with Gasteiger partial charge in [-0.15, -0.1) is 6.58 Å². The number of nitrogens with one attached hydrogen (secondary N) is 1. The number of hydrogen-bond donors (Lipinski definition) is 3. The second kappa shape index (κ2) is 16.2. The summed E-state index contributed by atoms with van der Waals surface area (Å²) in [5.41, 5.74) is 3.82. The number of aliphatic hydroxyl groups is 1. The molecule has 0 aliphatic carbocycles. The Kier molecular flexibility index (Phi) is 12.6. The fourth-order valence-electron chi connectivity index (χ4n) is 4.67. The van der Waals surface area contributed by atoms with Gasteiger partial charge in [-0.3, -0.25) is 9.59 Å². The third kappa shape index (κ3) is 10.6. The van der Waals surface area contributed by atoms with E-state index in [4.69, 9.17) is 14.6 Å². The Morgan fingerprint density at radius 1 is 0.974 bits per heavy atom. The molecule has 8 nitrogen and oxygen atoms in total. The number of amides is 1. The quantitative estimate of drug-likeness (QED) is 0.206. The second-order valence-electron chi connectivity index (χ2n) is 10.2. The molecular weight excluding hydrogens is 496 g/mol. The van der Waals surface area contributed by atoms with Gasteiger partial charge >= 0.3 is 5.97 Å². The molecule has 1 fully saturated rings. The molecular formula is C31H42N2O6. The number of likely N-dealkylation sites (N-methyl/N-ethyl adjacent to an activating group) is 1. The molecule has 1 heterocycles. The average molecular weight is 539 g/mol. The molecule has 0 bridgehead atoms. The molecule has 1 amide bonds. The highest BCUT2D eigenvalue weighted by molar-refractivity contribution is 5.75. The number of ether oxygens (including phenoxy) is 2. The molecule has 2 aromatic rings. The topological polar surface area (TPSA) is 108 Å². The Morgan fingerprint density at radius 3 is 2.26 bits per heavy atom. The number of nitrogens with zero attached hydrogens (tertiary/aromatic N) is 1. The van der Waals surface area contributed by atoms with E-state index in [0.717, 1.165) is 61.0 Å². The number of carboxylic acid groups (broad SMARTS) is 1. The Balaban J connectivity index is 1.55. The predicted molar refractivity (Wildman–Crippen MR) is 150 cm³/mol. The van der Waals surface area contributed by atoms with E-state index in [1.807, 2.05) is 61.7 Å². The maximum absolute atomic E-state index is 12.2. The van der Waals surface area contributed by atoms with Gasteiger partial charge in [0.25, 0.3) is 0 Å². The van der Waals surface area contributed by atoms with Crippen LogP contribution >= 0.6 is 0 Å². The SMILES string of the molecule is C=CCN(C)C[C@H]1C[C@@H](c2ccc(CO)cc2)O[C@@H](c2ccc(CNC(=O)CCCCCCC(=O)O)cc2)O1. The summed E-state index contributed by atoms with van der Waals surface area (Å²) in [5.74, 6) is -0.775. The fourth-order valence-corrected chi connectivity index (χ4v) is 4.67. The molecule has 0 radical (unpaired) electrons. The van der Waals surface area contributed by atoms with Gasteiger partial charge < -0.3 is 29.9 Å². The maximum Gasteiger partial charge on any atom is 0.303 e. The van der Waals surface area contributed by atoms with Crippen LogP contribution in [0.3, 0.4) is 0 Å². The number of benzene rings is 2. The van der Waals surface area contributed by atoms with Crippen molar-refractivity contribution in [3.8, 4) is 0 Å². The van der Waals surface area contributed by atoms with Crippen LogP contribution in [-0.4, -0.2) is 53.2 Å². The first kappa shape index (κ1) is 30.5. The first-order valence-electron chi connectivity index (χ1n) is 13.7. The van der Waals surface area contributed by atoms with Crippen LogP contribution < -0.4 is 5.32 Å². The van der Waals surface area contributed by atoms with Crippen LogP contribution in [0.2, 0.25) is 0 Å². The molecule has 0 aromatic heterocycles. The van der Waals surface area contributed by atoms with E-state index in [-0.39, 0.29) is 31.1 Å². The van der Waals surface area contributed by atoms with Crippen LogP contribution in [0.4, 0.5) is 0 Å². The Morgan fingerprint density at radius 2 is 1.62 bits per heavy atom. The molecule has 212 valence electrons. The molecule has 0 unspecified atom stereocenters. The number of carbonyl (C=O) groups is 2. The molecule has 2 aromatic carbocycles. The number of unbranched alkanes of at least 4 members (excludes halogenated alkanes) is 3. The van der Waals surface area contributed by atoms with E-state index in [1.165, 1.54) is 0 Å². The molecule has 1 saturated heterocycles. The summed E-state index contributed by atoms with van der Waals surface area (Å²) in [7, 11) is 2.04. The summed E-state index contributed by atoms with van der Waals surface area (Å²) in [6.45, 7) is 5.80. The summed E-state index contributed by atoms with van der Waals surface area (Å²) in [5, 5.41) is 21.0. The standard InChI is InChI=1S/C31H42N2O6/c1-3-18-33(2)21-27-19-28(25-14-12-24(22-34)13-15-25)39-31(38-27)26-16-10-23(11-17-26)20-32-29(35)8-6-4-5-7-9-30(36)37/h3,10-17,27-28,31,34H,1,4-9,18-22H2,2H3,(H,32,35)(H,36,37)/t27-,28+,31+/m1/s1. The van der Waals surface area contributed by atoms with Gasteiger partial charge in [0.1, 0.15) is 0 Å². The van der Waals surface area contributed by atoms with Crippen LogP contribution in [0.25, 0.3) is 0 Å². The van der Waals surface area contributed by atoms with Gasteiger partial charge in [-0.1, -0.05) is 67.4 Å². The summed E-state index contributed by atoms with van der Waals surface area (Å²) >= 11 is 0. The first-order chi connectivity index (χ1) is 18.9. The van der Waals surface area contributed by atoms with E-state index in [1.54, 1.807) is 0 Å². The van der Waals surface area contributed by atoms with E-state index >= 15 is 0 Å².